The van der Waals surface area contributed by atoms with Crippen LogP contribution in [0.2, 0.25) is 0 Å². The van der Waals surface area contributed by atoms with Gasteiger partial charge in [-0.1, -0.05) is 0 Å². The fourth-order valence-corrected chi connectivity index (χ4v) is 3.60. The van der Waals surface area contributed by atoms with Crippen LogP contribution >= 0.6 is 0 Å². The van der Waals surface area contributed by atoms with E-state index in [1.165, 1.54) is 0 Å². The Balaban J connectivity index is 1.43. The highest BCUT2D eigenvalue weighted by Crippen LogP contribution is 2.36. The number of carbonyl (C=O) groups excluding carboxylic acids is 1. The van der Waals surface area contributed by atoms with Crippen molar-refractivity contribution in [3.05, 3.63) is 0 Å². The molecule has 3 heterocycles. The average Bonchev–Trinajstić information content (AvgIpc) is 2.51. The molecule has 1 atom stereocenters. The normalized spacial score (nSPS) is 28.5. The average molecular weight is 312 g/mol. The van der Waals surface area contributed by atoms with Crippen LogP contribution in [0, 0.1) is 5.92 Å². The highest BCUT2D eigenvalue weighted by molar-refractivity contribution is 5.75. The van der Waals surface area contributed by atoms with E-state index < -0.39 is 0 Å². The standard InChI is InChI=1S/C16H28N2O4/c1-17(2)15(19)18-11-16(12-18)9-14(5-8-22-16)21-10-13-3-6-20-7-4-13/h13-14H,3-12H2,1-2H3. The minimum absolute atomic E-state index is 0.0690. The lowest BCUT2D eigenvalue weighted by Gasteiger charge is -2.53. The third-order valence-electron chi connectivity index (χ3n) is 4.97. The van der Waals surface area contributed by atoms with Gasteiger partial charge in [-0.25, -0.2) is 4.79 Å². The summed E-state index contributed by atoms with van der Waals surface area (Å²) in [6, 6.07) is 0.0690. The summed E-state index contributed by atoms with van der Waals surface area (Å²) >= 11 is 0. The van der Waals surface area contributed by atoms with Crippen LogP contribution in [0.5, 0.6) is 0 Å². The second-order valence-electron chi connectivity index (χ2n) is 7.07. The van der Waals surface area contributed by atoms with Gasteiger partial charge in [0.2, 0.25) is 0 Å². The van der Waals surface area contributed by atoms with Gasteiger partial charge in [0, 0.05) is 46.9 Å². The third kappa shape index (κ3) is 3.55. The van der Waals surface area contributed by atoms with Gasteiger partial charge in [-0.3, -0.25) is 0 Å². The SMILES string of the molecule is CN(C)C(=O)N1CC2(CC(OCC3CCOCC3)CCO2)C1. The number of nitrogens with zero attached hydrogens (tertiary/aromatic N) is 2. The van der Waals surface area contributed by atoms with Crippen LogP contribution in [0.25, 0.3) is 0 Å². The zero-order chi connectivity index (χ0) is 15.6. The maximum atomic E-state index is 11.9. The molecule has 0 saturated carbocycles. The Labute approximate surface area is 132 Å². The molecule has 3 aliphatic rings. The van der Waals surface area contributed by atoms with Crippen LogP contribution in [0.1, 0.15) is 25.7 Å². The topological polar surface area (TPSA) is 51.2 Å². The zero-order valence-corrected chi connectivity index (χ0v) is 13.8. The molecule has 1 spiro atoms. The Morgan fingerprint density at radius 2 is 1.95 bits per heavy atom. The van der Waals surface area contributed by atoms with Gasteiger partial charge in [0.1, 0.15) is 5.60 Å². The summed E-state index contributed by atoms with van der Waals surface area (Å²) in [4.78, 5) is 15.4. The number of carbonyl (C=O) groups is 1. The minimum atomic E-state index is -0.162. The molecule has 2 amide bonds. The Hall–Kier alpha value is -0.850. The van der Waals surface area contributed by atoms with E-state index in [4.69, 9.17) is 14.2 Å². The number of rotatable bonds is 3. The highest BCUT2D eigenvalue weighted by atomic mass is 16.5. The smallest absolute Gasteiger partial charge is 0.319 e. The Kier molecular flexibility index (Phi) is 4.90. The molecular formula is C16H28N2O4. The van der Waals surface area contributed by atoms with Crippen LogP contribution in [0.3, 0.4) is 0 Å². The molecule has 0 bridgehead atoms. The van der Waals surface area contributed by atoms with Gasteiger partial charge in [-0.15, -0.1) is 0 Å². The van der Waals surface area contributed by atoms with Gasteiger partial charge in [-0.05, 0) is 25.2 Å². The van der Waals surface area contributed by atoms with E-state index in [1.54, 1.807) is 19.0 Å². The Morgan fingerprint density at radius 3 is 2.64 bits per heavy atom. The quantitative estimate of drug-likeness (QED) is 0.789. The lowest BCUT2D eigenvalue weighted by molar-refractivity contribution is -0.189. The van der Waals surface area contributed by atoms with E-state index in [-0.39, 0.29) is 17.7 Å². The summed E-state index contributed by atoms with van der Waals surface area (Å²) in [5.74, 6) is 0.640. The number of amides is 2. The fraction of sp³-hybridized carbons (Fsp3) is 0.938. The van der Waals surface area contributed by atoms with Crippen LogP contribution in [-0.2, 0) is 14.2 Å². The summed E-state index contributed by atoms with van der Waals surface area (Å²) in [5.41, 5.74) is -0.162. The van der Waals surface area contributed by atoms with Crippen molar-refractivity contribution in [3.8, 4) is 0 Å². The van der Waals surface area contributed by atoms with Crippen molar-refractivity contribution in [1.82, 2.24) is 9.80 Å². The van der Waals surface area contributed by atoms with Gasteiger partial charge in [0.25, 0.3) is 0 Å². The number of urea groups is 1. The lowest BCUT2D eigenvalue weighted by atomic mass is 9.85. The van der Waals surface area contributed by atoms with Crippen LogP contribution in [-0.4, -0.2) is 81.1 Å². The summed E-state index contributed by atoms with van der Waals surface area (Å²) in [5, 5.41) is 0. The minimum Gasteiger partial charge on any atom is -0.381 e. The van der Waals surface area contributed by atoms with Crippen LogP contribution in [0.15, 0.2) is 0 Å². The van der Waals surface area contributed by atoms with E-state index in [1.807, 2.05) is 4.90 Å². The van der Waals surface area contributed by atoms with Crippen molar-refractivity contribution in [2.75, 3.05) is 53.6 Å². The molecule has 0 N–H and O–H groups in total. The van der Waals surface area contributed by atoms with Gasteiger partial charge < -0.3 is 24.0 Å². The molecule has 0 aliphatic carbocycles. The molecule has 1 unspecified atom stereocenters. The van der Waals surface area contributed by atoms with E-state index >= 15 is 0 Å². The molecule has 3 saturated heterocycles. The molecule has 0 aromatic heterocycles. The van der Waals surface area contributed by atoms with E-state index in [0.717, 1.165) is 52.1 Å². The molecule has 3 rings (SSSR count). The van der Waals surface area contributed by atoms with Crippen molar-refractivity contribution < 1.29 is 19.0 Å². The van der Waals surface area contributed by atoms with Crippen molar-refractivity contribution >= 4 is 6.03 Å². The molecule has 0 aromatic rings. The molecule has 6 nitrogen and oxygen atoms in total. The van der Waals surface area contributed by atoms with Crippen molar-refractivity contribution in [1.29, 1.82) is 0 Å². The Bertz CT molecular complexity index is 390. The van der Waals surface area contributed by atoms with Gasteiger partial charge in [0.15, 0.2) is 0 Å². The molecular weight excluding hydrogens is 284 g/mol. The van der Waals surface area contributed by atoms with E-state index in [2.05, 4.69) is 0 Å². The fourth-order valence-electron chi connectivity index (χ4n) is 3.60. The summed E-state index contributed by atoms with van der Waals surface area (Å²) in [6.45, 7) is 4.70. The third-order valence-corrected chi connectivity index (χ3v) is 4.97. The highest BCUT2D eigenvalue weighted by Gasteiger charge is 2.50. The largest absolute Gasteiger partial charge is 0.381 e. The van der Waals surface area contributed by atoms with Crippen LogP contribution < -0.4 is 0 Å². The van der Waals surface area contributed by atoms with Gasteiger partial charge in [-0.2, -0.15) is 0 Å². The first-order chi connectivity index (χ1) is 10.6. The number of likely N-dealkylation sites (tertiary alicyclic amines) is 1. The van der Waals surface area contributed by atoms with Crippen LogP contribution in [0.4, 0.5) is 4.79 Å². The molecule has 0 aromatic carbocycles. The maximum absolute atomic E-state index is 11.9. The molecule has 0 radical (unpaired) electrons. The predicted octanol–water partition coefficient (Wildman–Crippen LogP) is 1.34. The number of ether oxygens (including phenoxy) is 3. The molecule has 126 valence electrons. The second kappa shape index (κ2) is 6.72. The summed E-state index contributed by atoms with van der Waals surface area (Å²) < 4.78 is 17.5. The zero-order valence-electron chi connectivity index (χ0n) is 13.8. The summed E-state index contributed by atoms with van der Waals surface area (Å²) in [7, 11) is 3.57. The molecule has 6 heteroatoms. The van der Waals surface area contributed by atoms with Gasteiger partial charge in [0.05, 0.1) is 19.2 Å². The van der Waals surface area contributed by atoms with Crippen molar-refractivity contribution in [3.63, 3.8) is 0 Å². The maximum Gasteiger partial charge on any atom is 0.319 e. The van der Waals surface area contributed by atoms with Crippen molar-refractivity contribution in [2.24, 2.45) is 5.92 Å². The first kappa shape index (κ1) is 16.0. The monoisotopic (exact) mass is 312 g/mol. The number of hydrogen-bond donors (Lipinski definition) is 0. The first-order valence-electron chi connectivity index (χ1n) is 8.37. The second-order valence-corrected chi connectivity index (χ2v) is 7.07. The Morgan fingerprint density at radius 1 is 1.23 bits per heavy atom. The van der Waals surface area contributed by atoms with E-state index in [0.29, 0.717) is 19.0 Å². The van der Waals surface area contributed by atoms with Crippen molar-refractivity contribution in [2.45, 2.75) is 37.4 Å². The molecule has 3 aliphatic heterocycles. The molecule has 3 fully saturated rings. The lowest BCUT2D eigenvalue weighted by Crippen LogP contribution is -2.68. The van der Waals surface area contributed by atoms with Gasteiger partial charge >= 0.3 is 6.03 Å². The summed E-state index contributed by atoms with van der Waals surface area (Å²) in [6.07, 6.45) is 4.37. The molecule has 22 heavy (non-hydrogen) atoms. The number of hydrogen-bond acceptors (Lipinski definition) is 4. The predicted molar refractivity (Wildman–Crippen MR) is 81.9 cm³/mol. The first-order valence-corrected chi connectivity index (χ1v) is 8.37. The van der Waals surface area contributed by atoms with E-state index in [9.17, 15) is 4.79 Å².